The number of nitrogen functional groups attached to an aromatic ring is 1. The molecule has 0 atom stereocenters. The number of nitrogens with two attached hydrogens (primary N) is 1. The number of halogens is 3. The van der Waals surface area contributed by atoms with Crippen molar-refractivity contribution < 1.29 is 18.0 Å². The minimum Gasteiger partial charge on any atom is -0.382 e. The molecule has 0 radical (unpaired) electrons. The third-order valence-electron chi connectivity index (χ3n) is 5.66. The molecule has 5 aromatic rings. The lowest BCUT2D eigenvalue weighted by Gasteiger charge is -2.17. The van der Waals surface area contributed by atoms with Crippen molar-refractivity contribution in [2.75, 3.05) is 11.1 Å². The van der Waals surface area contributed by atoms with Gasteiger partial charge in [0.05, 0.1) is 45.4 Å². The lowest BCUT2D eigenvalue weighted by molar-refractivity contribution is -0.137. The molecule has 0 aliphatic carbocycles. The number of amides is 1. The zero-order valence-corrected chi connectivity index (χ0v) is 19.4. The Bertz CT molecular complexity index is 1690. The molecule has 7 nitrogen and oxygen atoms in total. The number of hydrogen-bond donors (Lipinski definition) is 3. The van der Waals surface area contributed by atoms with Gasteiger partial charge in [-0.3, -0.25) is 9.89 Å². The van der Waals surface area contributed by atoms with E-state index >= 15 is 0 Å². The molecule has 5 rings (SSSR count). The van der Waals surface area contributed by atoms with Gasteiger partial charge >= 0.3 is 6.18 Å². The number of alkyl halides is 3. The SMILES string of the molecule is Cc1cn(-c2cc(C(F)(F)F)cc(NC(=O)c3ccccc3)c2C#Cc2cccc3[nH]nc(N)c23)cn1. The van der Waals surface area contributed by atoms with Crippen LogP contribution in [-0.4, -0.2) is 25.7 Å². The van der Waals surface area contributed by atoms with Crippen molar-refractivity contribution in [3.8, 4) is 17.5 Å². The first-order valence-electron chi connectivity index (χ1n) is 11.1. The third-order valence-corrected chi connectivity index (χ3v) is 5.66. The van der Waals surface area contributed by atoms with Crippen LogP contribution in [0.5, 0.6) is 0 Å². The van der Waals surface area contributed by atoms with Crippen LogP contribution in [-0.2, 0) is 6.18 Å². The van der Waals surface area contributed by atoms with Gasteiger partial charge in [-0.25, -0.2) is 4.98 Å². The number of imidazole rings is 1. The fourth-order valence-corrected chi connectivity index (χ4v) is 3.89. The number of benzene rings is 3. The Kier molecular flexibility index (Phi) is 5.89. The van der Waals surface area contributed by atoms with E-state index in [9.17, 15) is 18.0 Å². The summed E-state index contributed by atoms with van der Waals surface area (Å²) in [5.74, 6) is 5.65. The maximum atomic E-state index is 13.9. The van der Waals surface area contributed by atoms with Crippen molar-refractivity contribution in [1.29, 1.82) is 0 Å². The van der Waals surface area contributed by atoms with E-state index in [-0.39, 0.29) is 28.3 Å². The molecule has 0 saturated heterocycles. The predicted octanol–water partition coefficient (Wildman–Crippen LogP) is 5.31. The Morgan fingerprint density at radius 2 is 1.86 bits per heavy atom. The normalized spacial score (nSPS) is 11.2. The van der Waals surface area contributed by atoms with Crippen LogP contribution < -0.4 is 11.1 Å². The number of hydrogen-bond acceptors (Lipinski definition) is 4. The van der Waals surface area contributed by atoms with Crippen molar-refractivity contribution in [3.05, 3.63) is 101 Å². The Hall–Kier alpha value is -5.04. The van der Waals surface area contributed by atoms with E-state index < -0.39 is 17.6 Å². The second kappa shape index (κ2) is 9.20. The molecular formula is C27H19F3N6O. The fraction of sp³-hybridized carbons (Fsp3) is 0.0741. The highest BCUT2D eigenvalue weighted by Gasteiger charge is 2.33. The van der Waals surface area contributed by atoms with Crippen LogP contribution in [0.25, 0.3) is 16.6 Å². The lowest BCUT2D eigenvalue weighted by Crippen LogP contribution is -2.16. The zero-order chi connectivity index (χ0) is 26.2. The molecule has 3 aromatic carbocycles. The molecule has 4 N–H and O–H groups in total. The summed E-state index contributed by atoms with van der Waals surface area (Å²) in [4.78, 5) is 17.1. The number of carbonyl (C=O) groups excluding carboxylic acids is 1. The van der Waals surface area contributed by atoms with Gasteiger partial charge < -0.3 is 15.6 Å². The summed E-state index contributed by atoms with van der Waals surface area (Å²) in [7, 11) is 0. The summed E-state index contributed by atoms with van der Waals surface area (Å²) in [5.41, 5.74) is 7.32. The van der Waals surface area contributed by atoms with Crippen molar-refractivity contribution in [2.24, 2.45) is 0 Å². The topological polar surface area (TPSA) is 102 Å². The Balaban J connectivity index is 1.73. The Labute approximate surface area is 209 Å². The standard InChI is InChI=1S/C27H19F3N6O/c1-16-14-36(15-32-16)23-13-19(27(28,29)30)12-22(33-26(37)18-6-3-2-4-7-18)20(23)11-10-17-8-5-9-21-24(17)25(31)35-34-21/h2-9,12-15H,1H3,(H,33,37)(H3,31,34,35). The van der Waals surface area contributed by atoms with E-state index in [4.69, 9.17) is 5.73 Å². The van der Waals surface area contributed by atoms with E-state index in [1.807, 2.05) is 0 Å². The molecular weight excluding hydrogens is 481 g/mol. The second-order valence-corrected chi connectivity index (χ2v) is 8.25. The first-order valence-corrected chi connectivity index (χ1v) is 11.1. The van der Waals surface area contributed by atoms with Crippen molar-refractivity contribution >= 4 is 28.3 Å². The number of aryl methyl sites for hydroxylation is 1. The summed E-state index contributed by atoms with van der Waals surface area (Å²) < 4.78 is 43.1. The molecule has 0 fully saturated rings. The van der Waals surface area contributed by atoms with E-state index in [1.165, 1.54) is 10.9 Å². The molecule has 2 heterocycles. The Morgan fingerprint density at radius 1 is 1.08 bits per heavy atom. The summed E-state index contributed by atoms with van der Waals surface area (Å²) in [6, 6.07) is 15.3. The first-order chi connectivity index (χ1) is 17.7. The molecule has 1 amide bonds. The minimum absolute atomic E-state index is 0.0927. The smallest absolute Gasteiger partial charge is 0.382 e. The van der Waals surface area contributed by atoms with Gasteiger partial charge in [0.15, 0.2) is 5.82 Å². The molecule has 184 valence electrons. The van der Waals surface area contributed by atoms with Crippen LogP contribution in [0.1, 0.15) is 32.7 Å². The molecule has 37 heavy (non-hydrogen) atoms. The van der Waals surface area contributed by atoms with Crippen LogP contribution in [0.2, 0.25) is 0 Å². The molecule has 2 aromatic heterocycles. The number of H-pyrrole nitrogens is 1. The quantitative estimate of drug-likeness (QED) is 0.292. The summed E-state index contributed by atoms with van der Waals surface area (Å²) in [6.07, 6.45) is -1.69. The summed E-state index contributed by atoms with van der Waals surface area (Å²) in [5, 5.41) is 10.0. The highest BCUT2D eigenvalue weighted by Crippen LogP contribution is 2.36. The van der Waals surface area contributed by atoms with E-state index in [0.29, 0.717) is 22.2 Å². The van der Waals surface area contributed by atoms with Crippen molar-refractivity contribution in [2.45, 2.75) is 13.1 Å². The zero-order valence-electron chi connectivity index (χ0n) is 19.4. The predicted molar refractivity (Wildman–Crippen MR) is 134 cm³/mol. The van der Waals surface area contributed by atoms with Gasteiger partial charge in [0, 0.05) is 17.3 Å². The monoisotopic (exact) mass is 500 g/mol. The number of nitrogens with one attached hydrogen (secondary N) is 2. The average molecular weight is 500 g/mol. The number of aromatic amines is 1. The van der Waals surface area contributed by atoms with E-state index in [0.717, 1.165) is 12.1 Å². The van der Waals surface area contributed by atoms with Crippen LogP contribution >= 0.6 is 0 Å². The molecule has 0 saturated carbocycles. The number of carbonyl (C=O) groups is 1. The van der Waals surface area contributed by atoms with Crippen molar-refractivity contribution in [3.63, 3.8) is 0 Å². The van der Waals surface area contributed by atoms with Crippen LogP contribution in [0.4, 0.5) is 24.7 Å². The average Bonchev–Trinajstić information content (AvgIpc) is 3.48. The van der Waals surface area contributed by atoms with Crippen LogP contribution in [0, 0.1) is 18.8 Å². The van der Waals surface area contributed by atoms with Gasteiger partial charge in [0.25, 0.3) is 5.91 Å². The van der Waals surface area contributed by atoms with E-state index in [1.54, 1.807) is 61.7 Å². The summed E-state index contributed by atoms with van der Waals surface area (Å²) in [6.45, 7) is 1.72. The maximum absolute atomic E-state index is 13.9. The molecule has 0 bridgehead atoms. The van der Waals surface area contributed by atoms with Gasteiger partial charge in [-0.2, -0.15) is 18.3 Å². The van der Waals surface area contributed by atoms with E-state index in [2.05, 4.69) is 32.3 Å². The number of fused-ring (bicyclic) bond motifs is 1. The number of aromatic nitrogens is 4. The van der Waals surface area contributed by atoms with Gasteiger partial charge in [-0.1, -0.05) is 36.1 Å². The Morgan fingerprint density at radius 3 is 2.57 bits per heavy atom. The minimum atomic E-state index is -4.67. The summed E-state index contributed by atoms with van der Waals surface area (Å²) >= 11 is 0. The molecule has 10 heteroatoms. The first kappa shape index (κ1) is 23.7. The highest BCUT2D eigenvalue weighted by molar-refractivity contribution is 6.05. The van der Waals surface area contributed by atoms with Gasteiger partial charge in [-0.05, 0) is 43.3 Å². The lowest BCUT2D eigenvalue weighted by atomic mass is 10.0. The molecule has 0 aliphatic heterocycles. The number of nitrogens with zero attached hydrogens (tertiary/aromatic N) is 3. The highest BCUT2D eigenvalue weighted by atomic mass is 19.4. The second-order valence-electron chi connectivity index (χ2n) is 8.25. The van der Waals surface area contributed by atoms with Crippen LogP contribution in [0.15, 0.2) is 73.2 Å². The largest absolute Gasteiger partial charge is 0.416 e. The molecule has 0 aliphatic rings. The molecule has 0 unspecified atom stereocenters. The van der Waals surface area contributed by atoms with Gasteiger partial charge in [0.2, 0.25) is 0 Å². The third kappa shape index (κ3) is 4.75. The molecule has 0 spiro atoms. The van der Waals surface area contributed by atoms with Crippen LogP contribution in [0.3, 0.4) is 0 Å². The van der Waals surface area contributed by atoms with Crippen molar-refractivity contribution in [1.82, 2.24) is 19.7 Å². The van der Waals surface area contributed by atoms with Gasteiger partial charge in [-0.15, -0.1) is 0 Å². The number of anilines is 2. The maximum Gasteiger partial charge on any atom is 0.416 e. The van der Waals surface area contributed by atoms with Gasteiger partial charge in [0.1, 0.15) is 0 Å². The number of rotatable bonds is 3. The fourth-order valence-electron chi connectivity index (χ4n) is 3.89.